The van der Waals surface area contributed by atoms with Crippen LogP contribution in [0.5, 0.6) is 0 Å². The summed E-state index contributed by atoms with van der Waals surface area (Å²) >= 11 is 1.29. The van der Waals surface area contributed by atoms with Crippen LogP contribution in [0.15, 0.2) is 0 Å². The van der Waals surface area contributed by atoms with Crippen LogP contribution in [-0.4, -0.2) is 25.7 Å². The molecule has 2 aromatic heterocycles. The average molecular weight is 197 g/mol. The molecule has 0 aliphatic heterocycles. The van der Waals surface area contributed by atoms with Crippen molar-refractivity contribution in [3.05, 3.63) is 5.82 Å². The van der Waals surface area contributed by atoms with Gasteiger partial charge in [-0.3, -0.25) is 4.79 Å². The van der Waals surface area contributed by atoms with Gasteiger partial charge in [-0.25, -0.2) is 0 Å². The molecule has 0 radical (unpaired) electrons. The van der Waals surface area contributed by atoms with Gasteiger partial charge in [0.25, 0.3) is 0 Å². The molecule has 68 valence electrons. The number of fused-ring (bicyclic) bond motifs is 1. The van der Waals surface area contributed by atoms with Crippen LogP contribution in [0, 0.1) is 6.92 Å². The van der Waals surface area contributed by atoms with E-state index in [-0.39, 0.29) is 5.91 Å². The fraction of sp³-hybridized carbons (Fsp3) is 0.333. The van der Waals surface area contributed by atoms with Gasteiger partial charge in [-0.15, -0.1) is 15.3 Å². The third kappa shape index (κ3) is 1.37. The van der Waals surface area contributed by atoms with Crippen molar-refractivity contribution in [1.82, 2.24) is 19.8 Å². The largest absolute Gasteiger partial charge is 0.301 e. The van der Waals surface area contributed by atoms with Gasteiger partial charge < -0.3 is 5.32 Å². The molecule has 0 saturated carbocycles. The zero-order valence-electron chi connectivity index (χ0n) is 7.11. The summed E-state index contributed by atoms with van der Waals surface area (Å²) in [6.07, 6.45) is 0. The molecule has 2 aromatic rings. The highest BCUT2D eigenvalue weighted by Crippen LogP contribution is 2.17. The Morgan fingerprint density at radius 2 is 2.31 bits per heavy atom. The number of rotatable bonds is 1. The Morgan fingerprint density at radius 3 is 2.92 bits per heavy atom. The summed E-state index contributed by atoms with van der Waals surface area (Å²) in [6.45, 7) is 3.24. The molecule has 0 unspecified atom stereocenters. The van der Waals surface area contributed by atoms with Gasteiger partial charge in [-0.05, 0) is 6.92 Å². The summed E-state index contributed by atoms with van der Waals surface area (Å²) in [7, 11) is 0. The van der Waals surface area contributed by atoms with Gasteiger partial charge in [0.2, 0.25) is 16.0 Å². The summed E-state index contributed by atoms with van der Waals surface area (Å²) in [4.78, 5) is 11.4. The van der Waals surface area contributed by atoms with E-state index in [1.165, 1.54) is 18.3 Å². The number of hydrogen-bond acceptors (Lipinski definition) is 5. The van der Waals surface area contributed by atoms with Gasteiger partial charge in [0.1, 0.15) is 0 Å². The van der Waals surface area contributed by atoms with Crippen LogP contribution >= 0.6 is 11.3 Å². The zero-order chi connectivity index (χ0) is 9.42. The highest BCUT2D eigenvalue weighted by molar-refractivity contribution is 7.20. The Kier molecular flexibility index (Phi) is 1.73. The molecule has 0 aromatic carbocycles. The normalized spacial score (nSPS) is 10.6. The Bertz CT molecular complexity index is 458. The van der Waals surface area contributed by atoms with E-state index in [1.807, 2.05) is 0 Å². The number of carbonyl (C=O) groups is 1. The Morgan fingerprint density at radius 1 is 1.54 bits per heavy atom. The monoisotopic (exact) mass is 197 g/mol. The van der Waals surface area contributed by atoms with E-state index in [9.17, 15) is 4.79 Å². The highest BCUT2D eigenvalue weighted by atomic mass is 32.1. The van der Waals surface area contributed by atoms with E-state index in [0.29, 0.717) is 15.9 Å². The second-order valence-electron chi connectivity index (χ2n) is 2.53. The van der Waals surface area contributed by atoms with Crippen molar-refractivity contribution >= 4 is 27.3 Å². The molecule has 1 N–H and O–H groups in total. The molecule has 13 heavy (non-hydrogen) atoms. The molecule has 2 heterocycles. The van der Waals surface area contributed by atoms with Gasteiger partial charge in [0.05, 0.1) is 0 Å². The molecule has 2 rings (SSSR count). The van der Waals surface area contributed by atoms with E-state index in [2.05, 4.69) is 20.6 Å². The molecule has 0 spiro atoms. The molecule has 6 nitrogen and oxygen atoms in total. The molecular weight excluding hydrogens is 190 g/mol. The van der Waals surface area contributed by atoms with E-state index in [1.54, 1.807) is 11.4 Å². The molecule has 0 saturated heterocycles. The highest BCUT2D eigenvalue weighted by Gasteiger charge is 2.08. The molecule has 0 aliphatic carbocycles. The predicted octanol–water partition coefficient (Wildman–Crippen LogP) is 0.453. The van der Waals surface area contributed by atoms with Gasteiger partial charge in [0, 0.05) is 6.92 Å². The number of carbonyl (C=O) groups excluding carboxylic acids is 1. The smallest absolute Gasteiger partial charge is 0.236 e. The minimum absolute atomic E-state index is 0.136. The number of aromatic nitrogens is 4. The number of nitrogens with zero attached hydrogens (tertiary/aromatic N) is 4. The first-order valence-corrected chi connectivity index (χ1v) is 4.45. The van der Waals surface area contributed by atoms with E-state index in [4.69, 9.17) is 0 Å². The summed E-state index contributed by atoms with van der Waals surface area (Å²) in [6, 6.07) is 0. The number of aryl methyl sites for hydroxylation is 1. The Balaban J connectivity index is 2.44. The van der Waals surface area contributed by atoms with Crippen LogP contribution < -0.4 is 5.32 Å². The quantitative estimate of drug-likeness (QED) is 0.720. The first-order valence-electron chi connectivity index (χ1n) is 3.63. The number of nitrogens with one attached hydrogen (secondary N) is 1. The first kappa shape index (κ1) is 8.11. The number of hydrogen-bond donors (Lipinski definition) is 1. The van der Waals surface area contributed by atoms with Crippen LogP contribution in [0.1, 0.15) is 12.7 Å². The summed E-state index contributed by atoms with van der Waals surface area (Å²) in [5.41, 5.74) is 0. The molecule has 7 heteroatoms. The molecule has 0 aliphatic rings. The minimum atomic E-state index is -0.136. The lowest BCUT2D eigenvalue weighted by atomic mass is 10.7. The number of amides is 1. The van der Waals surface area contributed by atoms with Gasteiger partial charge in [-0.1, -0.05) is 11.3 Å². The SMILES string of the molecule is CC(=O)Nc1nn2c(C)nnc2s1. The fourth-order valence-corrected chi connectivity index (χ4v) is 1.75. The molecule has 0 atom stereocenters. The third-order valence-corrected chi connectivity index (χ3v) is 2.24. The van der Waals surface area contributed by atoms with Crippen LogP contribution in [0.3, 0.4) is 0 Å². The summed E-state index contributed by atoms with van der Waals surface area (Å²) in [5.74, 6) is 0.575. The maximum atomic E-state index is 10.7. The van der Waals surface area contributed by atoms with Crippen LogP contribution in [-0.2, 0) is 4.79 Å². The van der Waals surface area contributed by atoms with Crippen LogP contribution in [0.2, 0.25) is 0 Å². The van der Waals surface area contributed by atoms with Crippen molar-refractivity contribution in [3.8, 4) is 0 Å². The minimum Gasteiger partial charge on any atom is -0.301 e. The molecule has 0 fully saturated rings. The predicted molar refractivity (Wildman–Crippen MR) is 47.7 cm³/mol. The van der Waals surface area contributed by atoms with Crippen molar-refractivity contribution in [3.63, 3.8) is 0 Å². The van der Waals surface area contributed by atoms with Crippen LogP contribution in [0.25, 0.3) is 4.96 Å². The number of anilines is 1. The second-order valence-corrected chi connectivity index (χ2v) is 3.49. The summed E-state index contributed by atoms with van der Waals surface area (Å²) < 4.78 is 1.59. The Labute approximate surface area is 77.6 Å². The molecule has 1 amide bonds. The van der Waals surface area contributed by atoms with Crippen molar-refractivity contribution in [2.45, 2.75) is 13.8 Å². The van der Waals surface area contributed by atoms with Crippen molar-refractivity contribution < 1.29 is 4.79 Å². The second kappa shape index (κ2) is 2.77. The Hall–Kier alpha value is -1.50. The lowest BCUT2D eigenvalue weighted by Gasteiger charge is -1.91. The maximum Gasteiger partial charge on any atom is 0.236 e. The average Bonchev–Trinajstić information content (AvgIpc) is 2.53. The van der Waals surface area contributed by atoms with Gasteiger partial charge >= 0.3 is 0 Å². The lowest BCUT2D eigenvalue weighted by molar-refractivity contribution is -0.114. The maximum absolute atomic E-state index is 10.7. The van der Waals surface area contributed by atoms with Crippen molar-refractivity contribution in [2.24, 2.45) is 0 Å². The fourth-order valence-electron chi connectivity index (χ4n) is 0.916. The van der Waals surface area contributed by atoms with Crippen molar-refractivity contribution in [1.29, 1.82) is 0 Å². The molecule has 0 bridgehead atoms. The standard InChI is InChI=1S/C6H7N5OS/c1-3-8-9-6-11(3)10-5(13-6)7-4(2)12/h1-2H3,(H,7,10,12). The topological polar surface area (TPSA) is 72.2 Å². The molecular formula is C6H7N5OS. The lowest BCUT2D eigenvalue weighted by Crippen LogP contribution is -2.05. The third-order valence-electron chi connectivity index (χ3n) is 1.43. The van der Waals surface area contributed by atoms with Gasteiger partial charge in [0.15, 0.2) is 5.82 Å². The first-order chi connectivity index (χ1) is 6.16. The van der Waals surface area contributed by atoms with Gasteiger partial charge in [-0.2, -0.15) is 4.52 Å². The zero-order valence-corrected chi connectivity index (χ0v) is 7.92. The summed E-state index contributed by atoms with van der Waals surface area (Å²) in [5, 5.41) is 14.9. The van der Waals surface area contributed by atoms with E-state index >= 15 is 0 Å². The van der Waals surface area contributed by atoms with Crippen LogP contribution in [0.4, 0.5) is 5.13 Å². The van der Waals surface area contributed by atoms with E-state index < -0.39 is 0 Å². The van der Waals surface area contributed by atoms with Crippen molar-refractivity contribution in [2.75, 3.05) is 5.32 Å². The van der Waals surface area contributed by atoms with E-state index in [0.717, 1.165) is 0 Å².